The van der Waals surface area contributed by atoms with Gasteiger partial charge in [-0.2, -0.15) is 0 Å². The molecule has 0 radical (unpaired) electrons. The molecule has 1 unspecified atom stereocenters. The standard InChI is InChI=1S/C12H11FN2O4/c1-18-9-3-2-7(13)6-8(9)12(14)10-4-5-11(19-10)15(16)17/h2-6,12H,14H2,1H3. The van der Waals surface area contributed by atoms with Crippen molar-refractivity contribution >= 4 is 5.88 Å². The van der Waals surface area contributed by atoms with E-state index < -0.39 is 22.7 Å². The van der Waals surface area contributed by atoms with Crippen LogP contribution in [0.1, 0.15) is 17.4 Å². The number of nitrogens with two attached hydrogens (primary N) is 1. The van der Waals surface area contributed by atoms with Crippen molar-refractivity contribution in [3.63, 3.8) is 0 Å². The Morgan fingerprint density at radius 3 is 2.74 bits per heavy atom. The summed E-state index contributed by atoms with van der Waals surface area (Å²) in [7, 11) is 1.42. The highest BCUT2D eigenvalue weighted by molar-refractivity contribution is 5.40. The fourth-order valence-electron chi connectivity index (χ4n) is 1.71. The number of hydrogen-bond acceptors (Lipinski definition) is 5. The van der Waals surface area contributed by atoms with Gasteiger partial charge in [-0.05, 0) is 24.3 Å². The van der Waals surface area contributed by atoms with E-state index in [2.05, 4.69) is 0 Å². The van der Waals surface area contributed by atoms with E-state index in [1.54, 1.807) is 0 Å². The Labute approximate surface area is 107 Å². The van der Waals surface area contributed by atoms with Crippen LogP contribution in [0.2, 0.25) is 0 Å². The topological polar surface area (TPSA) is 91.5 Å². The number of halogens is 1. The Balaban J connectivity index is 2.39. The fourth-order valence-corrected chi connectivity index (χ4v) is 1.71. The zero-order valence-corrected chi connectivity index (χ0v) is 10.00. The van der Waals surface area contributed by atoms with Gasteiger partial charge in [0.25, 0.3) is 0 Å². The molecule has 19 heavy (non-hydrogen) atoms. The lowest BCUT2D eigenvalue weighted by atomic mass is 10.0. The number of benzene rings is 1. The quantitative estimate of drug-likeness (QED) is 0.677. The predicted octanol–water partition coefficient (Wildman–Crippen LogP) is 2.38. The van der Waals surface area contributed by atoms with Crippen LogP contribution in [-0.4, -0.2) is 12.0 Å². The third-order valence-electron chi connectivity index (χ3n) is 2.63. The number of hydrogen-bond donors (Lipinski definition) is 1. The summed E-state index contributed by atoms with van der Waals surface area (Å²) in [6.07, 6.45) is 0. The molecule has 0 saturated heterocycles. The van der Waals surface area contributed by atoms with Crippen LogP contribution in [0.25, 0.3) is 0 Å². The van der Waals surface area contributed by atoms with Gasteiger partial charge >= 0.3 is 5.88 Å². The van der Waals surface area contributed by atoms with E-state index in [1.807, 2.05) is 0 Å². The molecule has 0 aliphatic heterocycles. The summed E-state index contributed by atoms with van der Waals surface area (Å²) in [4.78, 5) is 9.87. The Bertz CT molecular complexity index is 612. The largest absolute Gasteiger partial charge is 0.496 e. The first-order chi connectivity index (χ1) is 9.02. The second kappa shape index (κ2) is 5.07. The summed E-state index contributed by atoms with van der Waals surface area (Å²) in [5, 5.41) is 10.5. The molecule has 1 heterocycles. The maximum atomic E-state index is 13.2. The lowest BCUT2D eigenvalue weighted by Gasteiger charge is -2.13. The molecule has 0 aliphatic rings. The van der Waals surface area contributed by atoms with Crippen LogP contribution in [0.5, 0.6) is 5.75 Å². The van der Waals surface area contributed by atoms with Crippen molar-refractivity contribution in [1.29, 1.82) is 0 Å². The molecule has 1 aromatic carbocycles. The van der Waals surface area contributed by atoms with Crippen LogP contribution < -0.4 is 10.5 Å². The Kier molecular flexibility index (Phi) is 3.48. The molecule has 7 heteroatoms. The van der Waals surface area contributed by atoms with Gasteiger partial charge in [-0.3, -0.25) is 10.1 Å². The molecule has 100 valence electrons. The first-order valence-corrected chi connectivity index (χ1v) is 5.36. The number of nitro groups is 1. The molecule has 2 rings (SSSR count). The number of nitrogens with zero attached hydrogens (tertiary/aromatic N) is 1. The highest BCUT2D eigenvalue weighted by atomic mass is 19.1. The maximum Gasteiger partial charge on any atom is 0.433 e. The van der Waals surface area contributed by atoms with Gasteiger partial charge < -0.3 is 14.9 Å². The monoisotopic (exact) mass is 266 g/mol. The van der Waals surface area contributed by atoms with Crippen molar-refractivity contribution < 1.29 is 18.5 Å². The molecule has 2 N–H and O–H groups in total. The summed E-state index contributed by atoms with van der Waals surface area (Å²) in [5.41, 5.74) is 6.27. The minimum atomic E-state index is -0.848. The van der Waals surface area contributed by atoms with Crippen LogP contribution in [0.4, 0.5) is 10.3 Å². The van der Waals surface area contributed by atoms with E-state index in [4.69, 9.17) is 14.9 Å². The molecule has 1 atom stereocenters. The van der Waals surface area contributed by atoms with E-state index in [0.29, 0.717) is 11.3 Å². The lowest BCUT2D eigenvalue weighted by molar-refractivity contribution is -0.402. The summed E-state index contributed by atoms with van der Waals surface area (Å²) in [6.45, 7) is 0. The van der Waals surface area contributed by atoms with Gasteiger partial charge in [0.2, 0.25) is 0 Å². The summed E-state index contributed by atoms with van der Waals surface area (Å²) < 4.78 is 23.3. The molecule has 0 fully saturated rings. The molecule has 1 aromatic heterocycles. The molecule has 0 aliphatic carbocycles. The van der Waals surface area contributed by atoms with Gasteiger partial charge in [0.1, 0.15) is 22.3 Å². The molecule has 0 amide bonds. The van der Waals surface area contributed by atoms with Crippen LogP contribution in [-0.2, 0) is 0 Å². The number of methoxy groups -OCH3 is 1. The highest BCUT2D eigenvalue weighted by Gasteiger charge is 2.21. The average molecular weight is 266 g/mol. The van der Waals surface area contributed by atoms with Crippen molar-refractivity contribution in [2.24, 2.45) is 5.73 Å². The van der Waals surface area contributed by atoms with Crippen molar-refractivity contribution in [2.45, 2.75) is 6.04 Å². The summed E-state index contributed by atoms with van der Waals surface area (Å²) >= 11 is 0. The zero-order valence-electron chi connectivity index (χ0n) is 10.00. The Hall–Kier alpha value is -2.41. The number of ether oxygens (including phenoxy) is 1. The van der Waals surface area contributed by atoms with Crippen LogP contribution in [0.15, 0.2) is 34.7 Å². The van der Waals surface area contributed by atoms with E-state index in [9.17, 15) is 14.5 Å². The minimum absolute atomic E-state index is 0.163. The Morgan fingerprint density at radius 1 is 1.42 bits per heavy atom. The van der Waals surface area contributed by atoms with Crippen LogP contribution >= 0.6 is 0 Å². The minimum Gasteiger partial charge on any atom is -0.496 e. The zero-order chi connectivity index (χ0) is 14.0. The normalized spacial score (nSPS) is 12.2. The van der Waals surface area contributed by atoms with Gasteiger partial charge in [-0.25, -0.2) is 4.39 Å². The molecule has 0 saturated carbocycles. The predicted molar refractivity (Wildman–Crippen MR) is 64.3 cm³/mol. The molecular weight excluding hydrogens is 255 g/mol. The van der Waals surface area contributed by atoms with Gasteiger partial charge in [0, 0.05) is 5.56 Å². The highest BCUT2D eigenvalue weighted by Crippen LogP contribution is 2.31. The maximum absolute atomic E-state index is 13.2. The summed E-state index contributed by atoms with van der Waals surface area (Å²) in [5.74, 6) is -0.350. The van der Waals surface area contributed by atoms with Crippen LogP contribution in [0.3, 0.4) is 0 Å². The first-order valence-electron chi connectivity index (χ1n) is 5.36. The van der Waals surface area contributed by atoms with Gasteiger partial charge in [0.05, 0.1) is 19.2 Å². The Morgan fingerprint density at radius 2 is 2.16 bits per heavy atom. The smallest absolute Gasteiger partial charge is 0.433 e. The first kappa shape index (κ1) is 13.0. The average Bonchev–Trinajstić information content (AvgIpc) is 2.87. The molecule has 2 aromatic rings. The number of rotatable bonds is 4. The van der Waals surface area contributed by atoms with Crippen molar-refractivity contribution in [3.8, 4) is 5.75 Å². The molecule has 0 bridgehead atoms. The van der Waals surface area contributed by atoms with Gasteiger partial charge in [-0.15, -0.1) is 0 Å². The fraction of sp³-hybridized carbons (Fsp3) is 0.167. The number of furan rings is 1. The van der Waals surface area contributed by atoms with Gasteiger partial charge in [0.15, 0.2) is 0 Å². The van der Waals surface area contributed by atoms with Crippen LogP contribution in [0, 0.1) is 15.9 Å². The second-order valence-electron chi connectivity index (χ2n) is 3.80. The summed E-state index contributed by atoms with van der Waals surface area (Å²) in [6, 6.07) is 5.60. The van der Waals surface area contributed by atoms with Crippen molar-refractivity contribution in [2.75, 3.05) is 7.11 Å². The van der Waals surface area contributed by atoms with E-state index in [0.717, 1.165) is 0 Å². The van der Waals surface area contributed by atoms with E-state index in [1.165, 1.54) is 37.4 Å². The molecule has 0 spiro atoms. The van der Waals surface area contributed by atoms with Gasteiger partial charge in [-0.1, -0.05) is 0 Å². The lowest BCUT2D eigenvalue weighted by Crippen LogP contribution is -2.12. The molecule has 6 nitrogen and oxygen atoms in total. The SMILES string of the molecule is COc1ccc(F)cc1C(N)c1ccc([N+](=O)[O-])o1. The third kappa shape index (κ3) is 2.55. The van der Waals surface area contributed by atoms with E-state index in [-0.39, 0.29) is 5.76 Å². The van der Waals surface area contributed by atoms with Crippen molar-refractivity contribution in [3.05, 3.63) is 57.6 Å². The second-order valence-corrected chi connectivity index (χ2v) is 3.80. The van der Waals surface area contributed by atoms with E-state index >= 15 is 0 Å². The third-order valence-corrected chi connectivity index (χ3v) is 2.63. The van der Waals surface area contributed by atoms with Crippen molar-refractivity contribution in [1.82, 2.24) is 0 Å². The molecular formula is C12H11FN2O4.